The molecule has 136 valence electrons. The quantitative estimate of drug-likeness (QED) is 0.573. The number of carbonyl (C=O) groups is 3. The Kier molecular flexibility index (Phi) is 7.16. The Bertz CT molecular complexity index is 796. The lowest BCUT2D eigenvalue weighted by atomic mass is 10.2. The monoisotopic (exact) mass is 376 g/mol. The lowest BCUT2D eigenvalue weighted by Crippen LogP contribution is -2.25. The van der Waals surface area contributed by atoms with Crippen molar-refractivity contribution >= 4 is 35.2 Å². The second kappa shape index (κ2) is 9.57. The van der Waals surface area contributed by atoms with Gasteiger partial charge in [-0.25, -0.2) is 9.18 Å². The third-order valence-corrected chi connectivity index (χ3v) is 4.28. The average Bonchev–Trinajstić information content (AvgIpc) is 2.66. The minimum Gasteiger partial charge on any atom is -0.452 e. The topological polar surface area (TPSA) is 84.5 Å². The summed E-state index contributed by atoms with van der Waals surface area (Å²) >= 11 is 1.16. The number of ether oxygens (including phenoxy) is 1. The number of anilines is 1. The minimum absolute atomic E-state index is 0.0527. The van der Waals surface area contributed by atoms with Crippen molar-refractivity contribution in [2.75, 3.05) is 24.7 Å². The summed E-state index contributed by atoms with van der Waals surface area (Å²) in [6.45, 7) is -0.376. The third-order valence-electron chi connectivity index (χ3n) is 3.21. The number of rotatable bonds is 7. The predicted molar refractivity (Wildman–Crippen MR) is 96.5 cm³/mol. The number of carbonyl (C=O) groups excluding carboxylic acids is 3. The fourth-order valence-corrected chi connectivity index (χ4v) is 2.76. The SMILES string of the molecule is CNC(=O)COC(=O)c1ccccc1SCC(=O)Nc1ccc(F)cc1. The van der Waals surface area contributed by atoms with Crippen LogP contribution in [-0.4, -0.2) is 37.2 Å². The highest BCUT2D eigenvalue weighted by Gasteiger charge is 2.15. The van der Waals surface area contributed by atoms with E-state index in [2.05, 4.69) is 10.6 Å². The van der Waals surface area contributed by atoms with E-state index in [-0.39, 0.29) is 29.6 Å². The maximum absolute atomic E-state index is 12.9. The van der Waals surface area contributed by atoms with E-state index in [9.17, 15) is 18.8 Å². The van der Waals surface area contributed by atoms with Crippen LogP contribution in [-0.2, 0) is 14.3 Å². The van der Waals surface area contributed by atoms with Gasteiger partial charge in [0.2, 0.25) is 5.91 Å². The Morgan fingerprint density at radius 2 is 1.73 bits per heavy atom. The molecule has 0 saturated heterocycles. The van der Waals surface area contributed by atoms with E-state index in [0.29, 0.717) is 10.6 Å². The number of hydrogen-bond donors (Lipinski definition) is 2. The molecule has 2 amide bonds. The first-order valence-corrected chi connectivity index (χ1v) is 8.63. The van der Waals surface area contributed by atoms with Gasteiger partial charge in [-0.3, -0.25) is 9.59 Å². The molecule has 0 spiro atoms. The van der Waals surface area contributed by atoms with Crippen molar-refractivity contribution in [2.24, 2.45) is 0 Å². The fraction of sp³-hybridized carbons (Fsp3) is 0.167. The lowest BCUT2D eigenvalue weighted by molar-refractivity contribution is -0.123. The van der Waals surface area contributed by atoms with Gasteiger partial charge in [0, 0.05) is 17.6 Å². The molecule has 0 fully saturated rings. The molecule has 0 atom stereocenters. The molecule has 2 N–H and O–H groups in total. The predicted octanol–water partition coefficient (Wildman–Crippen LogP) is 2.46. The number of likely N-dealkylation sites (N-methyl/N-ethyl adjacent to an activating group) is 1. The van der Waals surface area contributed by atoms with Crippen LogP contribution in [0.15, 0.2) is 53.4 Å². The molecule has 0 unspecified atom stereocenters. The molecule has 0 aliphatic heterocycles. The van der Waals surface area contributed by atoms with Crippen LogP contribution in [0.4, 0.5) is 10.1 Å². The second-order valence-corrected chi connectivity index (χ2v) is 6.11. The van der Waals surface area contributed by atoms with Crippen molar-refractivity contribution < 1.29 is 23.5 Å². The summed E-state index contributed by atoms with van der Waals surface area (Å²) in [5, 5.41) is 5.00. The van der Waals surface area contributed by atoms with Crippen molar-refractivity contribution in [3.63, 3.8) is 0 Å². The van der Waals surface area contributed by atoms with Crippen molar-refractivity contribution in [3.8, 4) is 0 Å². The summed E-state index contributed by atoms with van der Waals surface area (Å²) in [4.78, 5) is 35.8. The molecule has 0 radical (unpaired) electrons. The number of amides is 2. The van der Waals surface area contributed by atoms with E-state index in [1.54, 1.807) is 24.3 Å². The highest BCUT2D eigenvalue weighted by Crippen LogP contribution is 2.23. The largest absolute Gasteiger partial charge is 0.452 e. The first-order chi connectivity index (χ1) is 12.5. The molecule has 26 heavy (non-hydrogen) atoms. The molecule has 0 bridgehead atoms. The van der Waals surface area contributed by atoms with Gasteiger partial charge in [-0.1, -0.05) is 12.1 Å². The third kappa shape index (κ3) is 5.89. The first kappa shape index (κ1) is 19.5. The van der Waals surface area contributed by atoms with Crippen molar-refractivity contribution in [2.45, 2.75) is 4.90 Å². The van der Waals surface area contributed by atoms with E-state index in [1.807, 2.05) is 0 Å². The molecule has 0 saturated carbocycles. The molecular weight excluding hydrogens is 359 g/mol. The Labute approximate surface area is 154 Å². The summed E-state index contributed by atoms with van der Waals surface area (Å²) in [6.07, 6.45) is 0. The number of thioether (sulfide) groups is 1. The normalized spacial score (nSPS) is 10.1. The zero-order valence-corrected chi connectivity index (χ0v) is 14.8. The Morgan fingerprint density at radius 1 is 1.04 bits per heavy atom. The second-order valence-electron chi connectivity index (χ2n) is 5.09. The van der Waals surface area contributed by atoms with Crippen molar-refractivity contribution in [3.05, 3.63) is 59.9 Å². The first-order valence-electron chi connectivity index (χ1n) is 7.64. The average molecular weight is 376 g/mol. The van der Waals surface area contributed by atoms with E-state index >= 15 is 0 Å². The van der Waals surface area contributed by atoms with Gasteiger partial charge >= 0.3 is 5.97 Å². The molecule has 0 aliphatic rings. The number of nitrogens with one attached hydrogen (secondary N) is 2. The van der Waals surface area contributed by atoms with Gasteiger partial charge in [0.15, 0.2) is 6.61 Å². The summed E-state index contributed by atoms with van der Waals surface area (Å²) in [5.74, 6) is -1.69. The Balaban J connectivity index is 1.94. The minimum atomic E-state index is -0.643. The maximum Gasteiger partial charge on any atom is 0.339 e. The molecule has 8 heteroatoms. The van der Waals surface area contributed by atoms with Gasteiger partial charge in [0.1, 0.15) is 5.82 Å². The summed E-state index contributed by atoms with van der Waals surface area (Å²) in [7, 11) is 1.44. The van der Waals surface area contributed by atoms with E-state index in [4.69, 9.17) is 4.74 Å². The van der Waals surface area contributed by atoms with Crippen LogP contribution in [0.25, 0.3) is 0 Å². The van der Waals surface area contributed by atoms with E-state index in [1.165, 1.54) is 31.3 Å². The van der Waals surface area contributed by atoms with Crippen LogP contribution in [0.3, 0.4) is 0 Å². The molecule has 2 aromatic carbocycles. The van der Waals surface area contributed by atoms with Gasteiger partial charge in [0.05, 0.1) is 11.3 Å². The lowest BCUT2D eigenvalue weighted by Gasteiger charge is -2.09. The van der Waals surface area contributed by atoms with Crippen LogP contribution in [0.2, 0.25) is 0 Å². The number of benzene rings is 2. The van der Waals surface area contributed by atoms with E-state index < -0.39 is 11.9 Å². The fourth-order valence-electron chi connectivity index (χ4n) is 1.92. The van der Waals surface area contributed by atoms with Gasteiger partial charge in [0.25, 0.3) is 5.91 Å². The van der Waals surface area contributed by atoms with Gasteiger partial charge in [-0.05, 0) is 36.4 Å². The standard InChI is InChI=1S/C18H17FN2O4S/c1-20-16(22)10-25-18(24)14-4-2-3-5-15(14)26-11-17(23)21-13-8-6-12(19)7-9-13/h2-9H,10-11H2,1H3,(H,20,22)(H,21,23). The molecule has 2 aromatic rings. The smallest absolute Gasteiger partial charge is 0.339 e. The van der Waals surface area contributed by atoms with Crippen molar-refractivity contribution in [1.82, 2.24) is 5.32 Å². The zero-order valence-electron chi connectivity index (χ0n) is 14.0. The summed E-state index contributed by atoms with van der Waals surface area (Å²) in [6, 6.07) is 12.1. The molecule has 6 nitrogen and oxygen atoms in total. The Morgan fingerprint density at radius 3 is 2.42 bits per heavy atom. The number of hydrogen-bond acceptors (Lipinski definition) is 5. The number of esters is 1. The van der Waals surface area contributed by atoms with Crippen LogP contribution < -0.4 is 10.6 Å². The van der Waals surface area contributed by atoms with Crippen LogP contribution in [0, 0.1) is 5.82 Å². The van der Waals surface area contributed by atoms with Crippen LogP contribution in [0.5, 0.6) is 0 Å². The van der Waals surface area contributed by atoms with Gasteiger partial charge < -0.3 is 15.4 Å². The van der Waals surface area contributed by atoms with Gasteiger partial charge in [-0.15, -0.1) is 11.8 Å². The highest BCUT2D eigenvalue weighted by atomic mass is 32.2. The Hall–Kier alpha value is -2.87. The highest BCUT2D eigenvalue weighted by molar-refractivity contribution is 8.00. The summed E-state index contributed by atoms with van der Waals surface area (Å²) in [5.41, 5.74) is 0.756. The maximum atomic E-state index is 12.9. The summed E-state index contributed by atoms with van der Waals surface area (Å²) < 4.78 is 17.8. The molecule has 0 aromatic heterocycles. The van der Waals surface area contributed by atoms with Crippen molar-refractivity contribution in [1.29, 1.82) is 0 Å². The van der Waals surface area contributed by atoms with Crippen LogP contribution >= 0.6 is 11.8 Å². The van der Waals surface area contributed by atoms with E-state index in [0.717, 1.165) is 11.8 Å². The molecule has 2 rings (SSSR count). The number of halogens is 1. The molecule has 0 heterocycles. The van der Waals surface area contributed by atoms with Gasteiger partial charge in [-0.2, -0.15) is 0 Å². The molecule has 0 aliphatic carbocycles. The molecular formula is C18H17FN2O4S. The zero-order chi connectivity index (χ0) is 18.9. The van der Waals surface area contributed by atoms with Crippen LogP contribution in [0.1, 0.15) is 10.4 Å².